The molecule has 0 saturated carbocycles. The highest BCUT2D eigenvalue weighted by molar-refractivity contribution is 7.92. The van der Waals surface area contributed by atoms with Crippen LogP contribution in [0.1, 0.15) is 12.5 Å². The molecule has 128 valence electrons. The minimum Gasteiger partial charge on any atom is -0.355 e. The van der Waals surface area contributed by atoms with Crippen molar-refractivity contribution in [1.29, 1.82) is 0 Å². The lowest BCUT2D eigenvalue weighted by Crippen LogP contribution is -2.41. The van der Waals surface area contributed by atoms with Gasteiger partial charge in [0.2, 0.25) is 5.91 Å². The van der Waals surface area contributed by atoms with Crippen molar-refractivity contribution in [2.45, 2.75) is 18.7 Å². The first-order chi connectivity index (χ1) is 11.4. The Kier molecular flexibility index (Phi) is 5.85. The number of halogens is 1. The van der Waals surface area contributed by atoms with Crippen LogP contribution in [0.15, 0.2) is 53.4 Å². The van der Waals surface area contributed by atoms with E-state index >= 15 is 0 Å². The fourth-order valence-corrected chi connectivity index (χ4v) is 3.87. The number of rotatable bonds is 6. The fourth-order valence-electron chi connectivity index (χ4n) is 2.26. The molecule has 7 heteroatoms. The van der Waals surface area contributed by atoms with Gasteiger partial charge in [-0.2, -0.15) is 0 Å². The summed E-state index contributed by atoms with van der Waals surface area (Å²) < 4.78 is 27.2. The first kappa shape index (κ1) is 18.3. The molecule has 0 aliphatic carbocycles. The van der Waals surface area contributed by atoms with Crippen LogP contribution in [0.4, 0.5) is 5.69 Å². The molecule has 0 radical (unpaired) electrons. The lowest BCUT2D eigenvalue weighted by molar-refractivity contribution is -0.119. The summed E-state index contributed by atoms with van der Waals surface area (Å²) in [4.78, 5) is 12.1. The van der Waals surface area contributed by atoms with Gasteiger partial charge in [-0.15, -0.1) is 0 Å². The fraction of sp³-hybridized carbons (Fsp3) is 0.235. The summed E-state index contributed by atoms with van der Waals surface area (Å²) >= 11 is 5.84. The van der Waals surface area contributed by atoms with Crippen molar-refractivity contribution < 1.29 is 13.2 Å². The average molecular weight is 367 g/mol. The topological polar surface area (TPSA) is 66.5 Å². The van der Waals surface area contributed by atoms with Gasteiger partial charge in [-0.1, -0.05) is 29.8 Å². The molecule has 0 saturated heterocycles. The molecular weight excluding hydrogens is 348 g/mol. The van der Waals surface area contributed by atoms with Crippen molar-refractivity contribution in [3.8, 4) is 0 Å². The number of para-hydroxylation sites is 1. The lowest BCUT2D eigenvalue weighted by Gasteiger charge is -2.25. The number of carbonyl (C=O) groups is 1. The van der Waals surface area contributed by atoms with Gasteiger partial charge in [0.15, 0.2) is 0 Å². The van der Waals surface area contributed by atoms with E-state index in [1.165, 1.54) is 24.3 Å². The maximum Gasteiger partial charge on any atom is 0.264 e. The van der Waals surface area contributed by atoms with Gasteiger partial charge in [0.05, 0.1) is 10.6 Å². The Morgan fingerprint density at radius 3 is 2.33 bits per heavy atom. The van der Waals surface area contributed by atoms with E-state index in [1.807, 2.05) is 6.07 Å². The van der Waals surface area contributed by atoms with E-state index in [2.05, 4.69) is 5.32 Å². The van der Waals surface area contributed by atoms with E-state index in [-0.39, 0.29) is 17.3 Å². The molecule has 1 N–H and O–H groups in total. The zero-order valence-electron chi connectivity index (χ0n) is 13.5. The van der Waals surface area contributed by atoms with E-state index < -0.39 is 10.0 Å². The van der Waals surface area contributed by atoms with Crippen LogP contribution >= 0.6 is 11.6 Å². The Bertz CT molecular complexity index is 820. The molecule has 0 aromatic heterocycles. The highest BCUT2D eigenvalue weighted by atomic mass is 35.5. The number of carbonyl (C=O) groups excluding carboxylic acids is 1. The van der Waals surface area contributed by atoms with Gasteiger partial charge in [-0.3, -0.25) is 9.10 Å². The second-order valence-corrected chi connectivity index (χ2v) is 7.50. The number of amides is 1. The monoisotopic (exact) mass is 366 g/mol. The van der Waals surface area contributed by atoms with Gasteiger partial charge in [0.25, 0.3) is 10.0 Å². The minimum absolute atomic E-state index is 0.0828. The number of anilines is 1. The normalized spacial score (nSPS) is 11.1. The SMILES string of the molecule is CCNC(=O)CN(c1ccccc1C)S(=O)(=O)c1ccc(Cl)cc1. The largest absolute Gasteiger partial charge is 0.355 e. The number of likely N-dealkylation sites (N-methyl/N-ethyl adjacent to an activating group) is 1. The summed E-state index contributed by atoms with van der Waals surface area (Å²) in [7, 11) is -3.89. The van der Waals surface area contributed by atoms with Crippen LogP contribution in [-0.4, -0.2) is 27.4 Å². The smallest absolute Gasteiger partial charge is 0.264 e. The van der Waals surface area contributed by atoms with E-state index in [9.17, 15) is 13.2 Å². The molecule has 0 spiro atoms. The minimum atomic E-state index is -3.89. The van der Waals surface area contributed by atoms with Crippen LogP contribution in [0.2, 0.25) is 5.02 Å². The Morgan fingerprint density at radius 1 is 1.12 bits per heavy atom. The van der Waals surface area contributed by atoms with Gasteiger partial charge in [0, 0.05) is 11.6 Å². The molecule has 0 aliphatic rings. The predicted molar refractivity (Wildman–Crippen MR) is 95.8 cm³/mol. The standard InChI is InChI=1S/C17H19ClN2O3S/c1-3-19-17(21)12-20(16-7-5-4-6-13(16)2)24(22,23)15-10-8-14(18)9-11-15/h4-11H,3,12H2,1-2H3,(H,19,21). The summed E-state index contributed by atoms with van der Waals surface area (Å²) in [5.41, 5.74) is 1.23. The zero-order valence-corrected chi connectivity index (χ0v) is 15.1. The van der Waals surface area contributed by atoms with Crippen molar-refractivity contribution in [3.05, 3.63) is 59.1 Å². The van der Waals surface area contributed by atoms with Crippen molar-refractivity contribution in [3.63, 3.8) is 0 Å². The second-order valence-electron chi connectivity index (χ2n) is 5.21. The molecule has 2 aromatic carbocycles. The van der Waals surface area contributed by atoms with Crippen LogP contribution in [0.5, 0.6) is 0 Å². The molecular formula is C17H19ClN2O3S. The van der Waals surface area contributed by atoms with Crippen molar-refractivity contribution in [2.75, 3.05) is 17.4 Å². The van der Waals surface area contributed by atoms with Gasteiger partial charge in [0.1, 0.15) is 6.54 Å². The number of hydrogen-bond donors (Lipinski definition) is 1. The van der Waals surface area contributed by atoms with Crippen LogP contribution < -0.4 is 9.62 Å². The molecule has 5 nitrogen and oxygen atoms in total. The molecule has 0 bridgehead atoms. The summed E-state index contributed by atoms with van der Waals surface area (Å²) in [6.07, 6.45) is 0. The number of aryl methyl sites for hydroxylation is 1. The summed E-state index contributed by atoms with van der Waals surface area (Å²) in [6, 6.07) is 12.9. The second kappa shape index (κ2) is 7.68. The van der Waals surface area contributed by atoms with E-state index in [0.717, 1.165) is 9.87 Å². The van der Waals surface area contributed by atoms with Crippen LogP contribution in [0.3, 0.4) is 0 Å². The molecule has 24 heavy (non-hydrogen) atoms. The van der Waals surface area contributed by atoms with Gasteiger partial charge >= 0.3 is 0 Å². The Morgan fingerprint density at radius 2 is 1.75 bits per heavy atom. The molecule has 1 amide bonds. The van der Waals surface area contributed by atoms with Gasteiger partial charge in [-0.25, -0.2) is 8.42 Å². The molecule has 0 fully saturated rings. The molecule has 0 heterocycles. The molecule has 2 aromatic rings. The Labute approximate surface area is 147 Å². The molecule has 0 aliphatic heterocycles. The summed E-state index contributed by atoms with van der Waals surface area (Å²) in [6.45, 7) is 3.73. The van der Waals surface area contributed by atoms with Crippen LogP contribution in [-0.2, 0) is 14.8 Å². The summed E-state index contributed by atoms with van der Waals surface area (Å²) in [5.74, 6) is -0.363. The number of hydrogen-bond acceptors (Lipinski definition) is 3. The first-order valence-corrected chi connectivity index (χ1v) is 9.28. The van der Waals surface area contributed by atoms with E-state index in [1.54, 1.807) is 32.0 Å². The van der Waals surface area contributed by atoms with Gasteiger partial charge in [-0.05, 0) is 49.7 Å². The maximum atomic E-state index is 13.0. The quantitative estimate of drug-likeness (QED) is 0.854. The number of benzene rings is 2. The lowest BCUT2D eigenvalue weighted by atomic mass is 10.2. The Hall–Kier alpha value is -2.05. The predicted octanol–water partition coefficient (Wildman–Crippen LogP) is 2.98. The molecule has 0 atom stereocenters. The summed E-state index contributed by atoms with van der Waals surface area (Å²) in [5, 5.41) is 3.08. The van der Waals surface area contributed by atoms with Crippen LogP contribution in [0, 0.1) is 6.92 Å². The highest BCUT2D eigenvalue weighted by Gasteiger charge is 2.27. The number of nitrogens with one attached hydrogen (secondary N) is 1. The third kappa shape index (κ3) is 4.07. The van der Waals surface area contributed by atoms with Gasteiger partial charge < -0.3 is 5.32 Å². The first-order valence-electron chi connectivity index (χ1n) is 7.47. The van der Waals surface area contributed by atoms with Crippen LogP contribution in [0.25, 0.3) is 0 Å². The third-order valence-electron chi connectivity index (χ3n) is 3.45. The maximum absolute atomic E-state index is 13.0. The van der Waals surface area contributed by atoms with Crippen molar-refractivity contribution in [1.82, 2.24) is 5.32 Å². The number of sulfonamides is 1. The van der Waals surface area contributed by atoms with Crippen molar-refractivity contribution in [2.24, 2.45) is 0 Å². The van der Waals surface area contributed by atoms with E-state index in [4.69, 9.17) is 11.6 Å². The average Bonchev–Trinajstić information content (AvgIpc) is 2.54. The zero-order chi connectivity index (χ0) is 17.7. The van der Waals surface area contributed by atoms with E-state index in [0.29, 0.717) is 17.3 Å². The molecule has 0 unspecified atom stereocenters. The molecule has 2 rings (SSSR count). The third-order valence-corrected chi connectivity index (χ3v) is 5.47. The number of nitrogens with zero attached hydrogens (tertiary/aromatic N) is 1. The highest BCUT2D eigenvalue weighted by Crippen LogP contribution is 2.27. The van der Waals surface area contributed by atoms with Crippen molar-refractivity contribution >= 4 is 33.2 Å². The Balaban J connectivity index is 2.50.